The monoisotopic (exact) mass is 261 g/mol. The summed E-state index contributed by atoms with van der Waals surface area (Å²) in [5, 5.41) is 7.87. The lowest BCUT2D eigenvalue weighted by Crippen LogP contribution is -2.15. The molecule has 0 spiro atoms. The van der Waals surface area contributed by atoms with Gasteiger partial charge in [0.25, 0.3) is 0 Å². The highest BCUT2D eigenvalue weighted by molar-refractivity contribution is 5.31. The van der Waals surface area contributed by atoms with E-state index < -0.39 is 0 Å². The van der Waals surface area contributed by atoms with Gasteiger partial charge in [-0.3, -0.25) is 4.68 Å². The van der Waals surface area contributed by atoms with Crippen LogP contribution in [-0.4, -0.2) is 25.4 Å². The maximum absolute atomic E-state index is 4.53. The molecule has 0 saturated carbocycles. The summed E-state index contributed by atoms with van der Waals surface area (Å²) in [6.45, 7) is 9.21. The Morgan fingerprint density at radius 3 is 2.68 bits per heavy atom. The third-order valence-electron chi connectivity index (χ3n) is 2.98. The summed E-state index contributed by atoms with van der Waals surface area (Å²) in [6, 6.07) is 0.375. The largest absolute Gasteiger partial charge is 0.353 e. The van der Waals surface area contributed by atoms with Gasteiger partial charge in [-0.05, 0) is 27.2 Å². The van der Waals surface area contributed by atoms with E-state index in [0.717, 1.165) is 30.3 Å². The highest BCUT2D eigenvalue weighted by Crippen LogP contribution is 2.15. The fourth-order valence-electron chi connectivity index (χ4n) is 2.24. The molecule has 0 atom stereocenters. The molecule has 0 fully saturated rings. The van der Waals surface area contributed by atoms with Crippen molar-refractivity contribution in [3.63, 3.8) is 0 Å². The lowest BCUT2D eigenvalue weighted by atomic mass is 10.2. The third kappa shape index (κ3) is 3.16. The number of nitrogens with zero attached hydrogens (tertiary/aromatic N) is 4. The Kier molecular flexibility index (Phi) is 3.93. The first-order valence-corrected chi connectivity index (χ1v) is 6.81. The van der Waals surface area contributed by atoms with Crippen molar-refractivity contribution in [2.24, 2.45) is 7.05 Å². The Morgan fingerprint density at radius 1 is 1.32 bits per heavy atom. The van der Waals surface area contributed by atoms with Crippen molar-refractivity contribution in [3.8, 4) is 0 Å². The highest BCUT2D eigenvalue weighted by Gasteiger charge is 2.11. The number of anilines is 1. The standard InChI is InChI=1S/C14H23N5/c1-6-13-12(8-18(5)17-13)9-19-7-11(4)16-14(19)15-10(2)3/h7-8,10H,6,9H2,1-5H3,(H,15,16). The second kappa shape index (κ2) is 5.47. The summed E-state index contributed by atoms with van der Waals surface area (Å²) >= 11 is 0. The van der Waals surface area contributed by atoms with Gasteiger partial charge in [0.15, 0.2) is 0 Å². The predicted molar refractivity (Wildman–Crippen MR) is 77.4 cm³/mol. The molecule has 5 nitrogen and oxygen atoms in total. The van der Waals surface area contributed by atoms with Crippen LogP contribution >= 0.6 is 0 Å². The summed E-state index contributed by atoms with van der Waals surface area (Å²) in [5.41, 5.74) is 3.45. The molecule has 2 rings (SSSR count). The Labute approximate surface area is 114 Å². The average molecular weight is 261 g/mol. The van der Waals surface area contributed by atoms with Gasteiger partial charge in [0.1, 0.15) is 0 Å². The summed E-state index contributed by atoms with van der Waals surface area (Å²) in [7, 11) is 1.97. The Hall–Kier alpha value is -1.78. The van der Waals surface area contributed by atoms with Gasteiger partial charge in [0.05, 0.1) is 17.9 Å². The smallest absolute Gasteiger partial charge is 0.203 e. The molecule has 0 saturated heterocycles. The van der Waals surface area contributed by atoms with E-state index in [1.54, 1.807) is 0 Å². The minimum Gasteiger partial charge on any atom is -0.353 e. The molecule has 0 amide bonds. The van der Waals surface area contributed by atoms with Crippen molar-refractivity contribution in [1.29, 1.82) is 0 Å². The molecule has 104 valence electrons. The van der Waals surface area contributed by atoms with Crippen LogP contribution in [-0.2, 0) is 20.0 Å². The Morgan fingerprint density at radius 2 is 2.05 bits per heavy atom. The quantitative estimate of drug-likeness (QED) is 0.898. The molecular weight excluding hydrogens is 238 g/mol. The molecule has 2 heterocycles. The second-order valence-corrected chi connectivity index (χ2v) is 5.26. The molecule has 0 bridgehead atoms. The van der Waals surface area contributed by atoms with Crippen molar-refractivity contribution >= 4 is 5.95 Å². The number of hydrogen-bond acceptors (Lipinski definition) is 3. The average Bonchev–Trinajstić information content (AvgIpc) is 2.82. The summed E-state index contributed by atoms with van der Waals surface area (Å²) in [5.74, 6) is 0.929. The van der Waals surface area contributed by atoms with Gasteiger partial charge in [0, 0.05) is 31.0 Å². The first-order chi connectivity index (χ1) is 8.99. The number of aromatic nitrogens is 4. The number of nitrogens with one attached hydrogen (secondary N) is 1. The predicted octanol–water partition coefficient (Wildman–Crippen LogP) is 2.36. The molecule has 0 unspecified atom stereocenters. The van der Waals surface area contributed by atoms with E-state index in [0.29, 0.717) is 6.04 Å². The molecule has 0 aromatic carbocycles. The molecule has 5 heteroatoms. The third-order valence-corrected chi connectivity index (χ3v) is 2.98. The van der Waals surface area contributed by atoms with Crippen molar-refractivity contribution in [1.82, 2.24) is 19.3 Å². The lowest BCUT2D eigenvalue weighted by Gasteiger charge is -2.11. The molecule has 2 aromatic rings. The zero-order chi connectivity index (χ0) is 14.0. The maximum atomic E-state index is 4.53. The zero-order valence-corrected chi connectivity index (χ0v) is 12.4. The van der Waals surface area contributed by atoms with Crippen molar-refractivity contribution < 1.29 is 0 Å². The normalized spacial score (nSPS) is 11.3. The van der Waals surface area contributed by atoms with Gasteiger partial charge >= 0.3 is 0 Å². The van der Waals surface area contributed by atoms with Crippen molar-refractivity contribution in [2.45, 2.75) is 46.7 Å². The maximum Gasteiger partial charge on any atom is 0.203 e. The van der Waals surface area contributed by atoms with Crippen LogP contribution in [0.2, 0.25) is 0 Å². The van der Waals surface area contributed by atoms with Gasteiger partial charge in [0.2, 0.25) is 5.95 Å². The van der Waals surface area contributed by atoms with Gasteiger partial charge < -0.3 is 9.88 Å². The van der Waals surface area contributed by atoms with E-state index in [9.17, 15) is 0 Å². The van der Waals surface area contributed by atoms with E-state index >= 15 is 0 Å². The summed E-state index contributed by atoms with van der Waals surface area (Å²) < 4.78 is 4.04. The lowest BCUT2D eigenvalue weighted by molar-refractivity contribution is 0.746. The Balaban J connectivity index is 2.27. The van der Waals surface area contributed by atoms with Crippen LogP contribution in [0.4, 0.5) is 5.95 Å². The molecule has 2 aromatic heterocycles. The van der Waals surface area contributed by atoms with Crippen LogP contribution < -0.4 is 5.32 Å². The molecule has 0 aliphatic heterocycles. The number of hydrogen-bond donors (Lipinski definition) is 1. The number of rotatable bonds is 5. The van der Waals surface area contributed by atoms with E-state index in [-0.39, 0.29) is 0 Å². The fourth-order valence-corrected chi connectivity index (χ4v) is 2.24. The van der Waals surface area contributed by atoms with Gasteiger partial charge in [-0.2, -0.15) is 5.10 Å². The summed E-state index contributed by atoms with van der Waals surface area (Å²) in [4.78, 5) is 4.53. The first kappa shape index (κ1) is 13.6. The molecular formula is C14H23N5. The van der Waals surface area contributed by atoms with Crippen LogP contribution in [0.25, 0.3) is 0 Å². The van der Waals surface area contributed by atoms with Crippen LogP contribution in [0.3, 0.4) is 0 Å². The molecule has 0 radical (unpaired) electrons. The summed E-state index contributed by atoms with van der Waals surface area (Å²) in [6.07, 6.45) is 5.13. The minimum absolute atomic E-state index is 0.375. The number of aryl methyl sites for hydroxylation is 3. The van der Waals surface area contributed by atoms with Crippen LogP contribution in [0.1, 0.15) is 37.7 Å². The number of imidazole rings is 1. The minimum atomic E-state index is 0.375. The topological polar surface area (TPSA) is 47.7 Å². The van der Waals surface area contributed by atoms with Crippen molar-refractivity contribution in [2.75, 3.05) is 5.32 Å². The molecule has 0 aliphatic rings. The fraction of sp³-hybridized carbons (Fsp3) is 0.571. The van der Waals surface area contributed by atoms with Crippen LogP contribution in [0.15, 0.2) is 12.4 Å². The molecule has 1 N–H and O–H groups in total. The van der Waals surface area contributed by atoms with E-state index in [1.165, 1.54) is 5.56 Å². The van der Waals surface area contributed by atoms with E-state index in [2.05, 4.69) is 53.1 Å². The molecule has 0 aliphatic carbocycles. The van der Waals surface area contributed by atoms with Gasteiger partial charge in [-0.1, -0.05) is 6.92 Å². The van der Waals surface area contributed by atoms with Gasteiger partial charge in [-0.25, -0.2) is 4.98 Å². The zero-order valence-electron chi connectivity index (χ0n) is 12.4. The van der Waals surface area contributed by atoms with Crippen molar-refractivity contribution in [3.05, 3.63) is 29.3 Å². The van der Waals surface area contributed by atoms with E-state index in [4.69, 9.17) is 0 Å². The SMILES string of the molecule is CCc1nn(C)cc1Cn1cc(C)nc1NC(C)C. The first-order valence-electron chi connectivity index (χ1n) is 6.81. The second-order valence-electron chi connectivity index (χ2n) is 5.26. The highest BCUT2D eigenvalue weighted by atomic mass is 15.3. The van der Waals surface area contributed by atoms with Crippen LogP contribution in [0.5, 0.6) is 0 Å². The van der Waals surface area contributed by atoms with Crippen LogP contribution in [0, 0.1) is 6.92 Å². The Bertz CT molecular complexity index is 550. The van der Waals surface area contributed by atoms with Gasteiger partial charge in [-0.15, -0.1) is 0 Å². The van der Waals surface area contributed by atoms with E-state index in [1.807, 2.05) is 18.7 Å². The molecule has 19 heavy (non-hydrogen) atoms.